The number of carboxylic acids is 2. The van der Waals surface area contributed by atoms with Crippen molar-refractivity contribution in [2.24, 2.45) is 5.92 Å². The number of carboxylic acid groups (broad SMARTS) is 2. The Kier molecular flexibility index (Phi) is 11.1. The number of hydrogen-bond donors (Lipinski definition) is 2. The van der Waals surface area contributed by atoms with Gasteiger partial charge in [-0.05, 0) is 13.3 Å². The van der Waals surface area contributed by atoms with Crippen LogP contribution in [0.4, 0.5) is 0 Å². The molecule has 2 N–H and O–H groups in total. The summed E-state index contributed by atoms with van der Waals surface area (Å²) in [5.41, 5.74) is 0. The van der Waals surface area contributed by atoms with Crippen molar-refractivity contribution in [2.75, 3.05) is 39.6 Å². The number of ether oxygens (including phenoxy) is 3. The highest BCUT2D eigenvalue weighted by molar-refractivity contribution is 5.77. The zero-order chi connectivity index (χ0) is 14.5. The Balaban J connectivity index is 3.45. The van der Waals surface area contributed by atoms with Crippen molar-refractivity contribution >= 4 is 11.9 Å². The second-order valence-corrected chi connectivity index (χ2v) is 3.84. The molecule has 0 fully saturated rings. The van der Waals surface area contributed by atoms with Crippen LogP contribution in [0.2, 0.25) is 0 Å². The van der Waals surface area contributed by atoms with Crippen molar-refractivity contribution in [1.82, 2.24) is 0 Å². The maximum atomic E-state index is 10.7. The molecule has 0 amide bonds. The van der Waals surface area contributed by atoms with E-state index in [1.807, 2.05) is 6.92 Å². The van der Waals surface area contributed by atoms with Gasteiger partial charge in [0.25, 0.3) is 0 Å². The molecule has 19 heavy (non-hydrogen) atoms. The molecule has 0 aromatic heterocycles. The van der Waals surface area contributed by atoms with Gasteiger partial charge in [-0.1, -0.05) is 0 Å². The summed E-state index contributed by atoms with van der Waals surface area (Å²) in [5, 5.41) is 17.3. The first-order valence-corrected chi connectivity index (χ1v) is 6.25. The molecule has 0 aromatic carbocycles. The lowest BCUT2D eigenvalue weighted by Crippen LogP contribution is -2.20. The van der Waals surface area contributed by atoms with Crippen LogP contribution in [-0.2, 0) is 23.8 Å². The molecule has 1 unspecified atom stereocenters. The van der Waals surface area contributed by atoms with Gasteiger partial charge < -0.3 is 24.4 Å². The smallest absolute Gasteiger partial charge is 0.307 e. The fourth-order valence-corrected chi connectivity index (χ4v) is 1.33. The van der Waals surface area contributed by atoms with Gasteiger partial charge in [-0.25, -0.2) is 0 Å². The molecule has 7 heteroatoms. The Bertz CT molecular complexity index is 254. The van der Waals surface area contributed by atoms with Crippen molar-refractivity contribution in [3.05, 3.63) is 0 Å². The van der Waals surface area contributed by atoms with Crippen molar-refractivity contribution in [1.29, 1.82) is 0 Å². The second kappa shape index (κ2) is 11.9. The second-order valence-electron chi connectivity index (χ2n) is 3.84. The minimum Gasteiger partial charge on any atom is -0.481 e. The third-order valence-electron chi connectivity index (χ3n) is 2.33. The highest BCUT2D eigenvalue weighted by Gasteiger charge is 2.20. The van der Waals surface area contributed by atoms with Gasteiger partial charge in [0.1, 0.15) is 0 Å². The first kappa shape index (κ1) is 17.8. The van der Waals surface area contributed by atoms with Crippen LogP contribution in [0, 0.1) is 5.92 Å². The summed E-state index contributed by atoms with van der Waals surface area (Å²) in [4.78, 5) is 21.2. The van der Waals surface area contributed by atoms with Crippen molar-refractivity contribution in [3.63, 3.8) is 0 Å². The molecule has 0 aliphatic rings. The zero-order valence-electron chi connectivity index (χ0n) is 11.2. The van der Waals surface area contributed by atoms with Crippen LogP contribution in [-0.4, -0.2) is 61.8 Å². The molecule has 0 saturated heterocycles. The van der Waals surface area contributed by atoms with E-state index in [0.717, 1.165) is 0 Å². The molecule has 0 spiro atoms. The largest absolute Gasteiger partial charge is 0.481 e. The van der Waals surface area contributed by atoms with Crippen LogP contribution in [0.5, 0.6) is 0 Å². The Hall–Kier alpha value is -1.18. The van der Waals surface area contributed by atoms with Gasteiger partial charge in [-0.2, -0.15) is 0 Å². The molecule has 0 heterocycles. The molecular weight excluding hydrogens is 256 g/mol. The van der Waals surface area contributed by atoms with Crippen molar-refractivity contribution < 1.29 is 34.0 Å². The number of rotatable bonds is 13. The lowest BCUT2D eigenvalue weighted by Gasteiger charge is -2.10. The van der Waals surface area contributed by atoms with Crippen LogP contribution in [0.25, 0.3) is 0 Å². The third-order valence-corrected chi connectivity index (χ3v) is 2.33. The molecule has 1 atom stereocenters. The van der Waals surface area contributed by atoms with Gasteiger partial charge >= 0.3 is 11.9 Å². The van der Waals surface area contributed by atoms with E-state index in [1.54, 1.807) is 0 Å². The Morgan fingerprint density at radius 1 is 0.947 bits per heavy atom. The Morgan fingerprint density at radius 2 is 1.47 bits per heavy atom. The molecule has 0 rings (SSSR count). The summed E-state index contributed by atoms with van der Waals surface area (Å²) in [5.74, 6) is -3.14. The molecule has 0 radical (unpaired) electrons. The molecule has 0 aliphatic heterocycles. The SMILES string of the molecule is CCOCCOCCOCCC(CC(=O)O)C(=O)O. The minimum atomic E-state index is -1.12. The lowest BCUT2D eigenvalue weighted by atomic mass is 10.0. The van der Waals surface area contributed by atoms with Gasteiger partial charge in [0.15, 0.2) is 0 Å². The minimum absolute atomic E-state index is 0.181. The van der Waals surface area contributed by atoms with Crippen LogP contribution in [0.15, 0.2) is 0 Å². The van der Waals surface area contributed by atoms with Crippen molar-refractivity contribution in [2.45, 2.75) is 19.8 Å². The van der Waals surface area contributed by atoms with Gasteiger partial charge in [-0.3, -0.25) is 9.59 Å². The summed E-state index contributed by atoms with van der Waals surface area (Å²) >= 11 is 0. The van der Waals surface area contributed by atoms with E-state index < -0.39 is 17.9 Å². The molecule has 0 bridgehead atoms. The van der Waals surface area contributed by atoms with E-state index in [-0.39, 0.29) is 19.4 Å². The molecule has 0 aliphatic carbocycles. The predicted molar refractivity (Wildman–Crippen MR) is 66.1 cm³/mol. The van der Waals surface area contributed by atoms with Gasteiger partial charge in [0.2, 0.25) is 0 Å². The number of hydrogen-bond acceptors (Lipinski definition) is 5. The van der Waals surface area contributed by atoms with Crippen molar-refractivity contribution in [3.8, 4) is 0 Å². The molecular formula is C12H22O7. The van der Waals surface area contributed by atoms with Gasteiger partial charge in [0, 0.05) is 13.2 Å². The highest BCUT2D eigenvalue weighted by atomic mass is 16.5. The summed E-state index contributed by atoms with van der Waals surface area (Å²) in [7, 11) is 0. The van der Waals surface area contributed by atoms with E-state index >= 15 is 0 Å². The first-order valence-electron chi connectivity index (χ1n) is 6.25. The number of carbonyl (C=O) groups is 2. The number of aliphatic carboxylic acids is 2. The molecule has 0 saturated carbocycles. The fourth-order valence-electron chi connectivity index (χ4n) is 1.33. The monoisotopic (exact) mass is 278 g/mol. The summed E-state index contributed by atoms with van der Waals surface area (Å²) in [6.07, 6.45) is -0.204. The van der Waals surface area contributed by atoms with E-state index in [9.17, 15) is 9.59 Å². The maximum Gasteiger partial charge on any atom is 0.307 e. The summed E-state index contributed by atoms with van der Waals surface area (Å²) in [6, 6.07) is 0. The fraction of sp³-hybridized carbons (Fsp3) is 0.833. The lowest BCUT2D eigenvalue weighted by molar-refractivity contribution is -0.149. The zero-order valence-corrected chi connectivity index (χ0v) is 11.2. The normalized spacial score (nSPS) is 12.3. The Morgan fingerprint density at radius 3 is 1.95 bits per heavy atom. The van der Waals surface area contributed by atoms with Crippen LogP contribution >= 0.6 is 0 Å². The summed E-state index contributed by atoms with van der Waals surface area (Å²) < 4.78 is 15.4. The third kappa shape index (κ3) is 11.6. The molecule has 112 valence electrons. The van der Waals surface area contributed by atoms with Crippen LogP contribution < -0.4 is 0 Å². The van der Waals surface area contributed by atoms with E-state index in [4.69, 9.17) is 24.4 Å². The predicted octanol–water partition coefficient (Wildman–Crippen LogP) is 0.622. The summed E-state index contributed by atoms with van der Waals surface area (Å²) in [6.45, 7) is 4.55. The standard InChI is InChI=1S/C12H22O7/c1-2-17-5-6-19-8-7-18-4-3-10(12(15)16)9-11(13)14/h10H,2-9H2,1H3,(H,13,14)(H,15,16). The van der Waals surface area contributed by atoms with Gasteiger partial charge in [-0.15, -0.1) is 0 Å². The highest BCUT2D eigenvalue weighted by Crippen LogP contribution is 2.09. The van der Waals surface area contributed by atoms with Gasteiger partial charge in [0.05, 0.1) is 38.8 Å². The topological polar surface area (TPSA) is 102 Å². The maximum absolute atomic E-state index is 10.7. The quantitative estimate of drug-likeness (QED) is 0.476. The van der Waals surface area contributed by atoms with E-state index in [2.05, 4.69) is 0 Å². The molecule has 7 nitrogen and oxygen atoms in total. The average molecular weight is 278 g/mol. The molecule has 0 aromatic rings. The first-order chi connectivity index (χ1) is 9.07. The Labute approximate surface area is 112 Å². The average Bonchev–Trinajstić information content (AvgIpc) is 2.34. The van der Waals surface area contributed by atoms with E-state index in [0.29, 0.717) is 33.0 Å². The van der Waals surface area contributed by atoms with Crippen LogP contribution in [0.3, 0.4) is 0 Å². The van der Waals surface area contributed by atoms with Crippen LogP contribution in [0.1, 0.15) is 19.8 Å². The van der Waals surface area contributed by atoms with E-state index in [1.165, 1.54) is 0 Å².